The molecular formula is C28H18F10O6. The molecule has 0 spiro atoms. The summed E-state index contributed by atoms with van der Waals surface area (Å²) in [6.45, 7) is 2.01. The van der Waals surface area contributed by atoms with Gasteiger partial charge in [-0.05, 0) is 31.2 Å². The van der Waals surface area contributed by atoms with Gasteiger partial charge in [-0.15, -0.1) is 13.2 Å². The zero-order chi connectivity index (χ0) is 32.4. The predicted molar refractivity (Wildman–Crippen MR) is 128 cm³/mol. The van der Waals surface area contributed by atoms with E-state index in [0.717, 1.165) is 0 Å². The third-order valence-electron chi connectivity index (χ3n) is 5.82. The van der Waals surface area contributed by atoms with Gasteiger partial charge in [0.1, 0.15) is 45.9 Å². The lowest BCUT2D eigenvalue weighted by Crippen LogP contribution is -2.28. The number of alkyl halides is 5. The highest BCUT2D eigenvalue weighted by molar-refractivity contribution is 5.91. The second-order valence-corrected chi connectivity index (χ2v) is 9.05. The summed E-state index contributed by atoms with van der Waals surface area (Å²) in [7, 11) is 0. The van der Waals surface area contributed by atoms with Crippen LogP contribution >= 0.6 is 0 Å². The van der Waals surface area contributed by atoms with E-state index in [2.05, 4.69) is 14.2 Å². The van der Waals surface area contributed by atoms with Crippen LogP contribution in [0, 0.1) is 35.0 Å². The van der Waals surface area contributed by atoms with Crippen molar-refractivity contribution in [1.82, 2.24) is 0 Å². The summed E-state index contributed by atoms with van der Waals surface area (Å²) in [6.07, 6.45) is -7.82. The molecule has 0 aliphatic carbocycles. The first-order valence-corrected chi connectivity index (χ1v) is 12.3. The lowest BCUT2D eigenvalue weighted by Gasteiger charge is -2.28. The van der Waals surface area contributed by atoms with Crippen LogP contribution in [0.3, 0.4) is 0 Å². The average Bonchev–Trinajstić information content (AvgIpc) is 2.89. The van der Waals surface area contributed by atoms with Crippen LogP contribution in [0.2, 0.25) is 0 Å². The first-order valence-electron chi connectivity index (χ1n) is 12.3. The summed E-state index contributed by atoms with van der Waals surface area (Å²) < 4.78 is 162. The van der Waals surface area contributed by atoms with E-state index in [1.807, 2.05) is 0 Å². The van der Waals surface area contributed by atoms with Crippen LogP contribution in [0.25, 0.3) is 0 Å². The maximum Gasteiger partial charge on any atom is 0.573 e. The third-order valence-corrected chi connectivity index (χ3v) is 5.82. The van der Waals surface area contributed by atoms with Crippen LogP contribution < -0.4 is 14.2 Å². The minimum atomic E-state index is -5.25. The van der Waals surface area contributed by atoms with Crippen molar-refractivity contribution in [1.29, 1.82) is 0 Å². The van der Waals surface area contributed by atoms with Crippen molar-refractivity contribution in [3.63, 3.8) is 0 Å². The Kier molecular flexibility index (Phi) is 9.44. The number of carbonyl (C=O) groups is 1. The van der Waals surface area contributed by atoms with E-state index in [4.69, 9.17) is 9.47 Å². The third kappa shape index (κ3) is 7.60. The molecule has 0 unspecified atom stereocenters. The van der Waals surface area contributed by atoms with Gasteiger partial charge in [0.05, 0.1) is 13.2 Å². The van der Waals surface area contributed by atoms with Gasteiger partial charge < -0.3 is 23.7 Å². The molecule has 44 heavy (non-hydrogen) atoms. The number of rotatable bonds is 8. The highest BCUT2D eigenvalue weighted by Gasteiger charge is 2.42. The minimum absolute atomic E-state index is 0.0729. The maximum absolute atomic E-state index is 14.8. The monoisotopic (exact) mass is 640 g/mol. The molecular weight excluding hydrogens is 622 g/mol. The van der Waals surface area contributed by atoms with E-state index in [9.17, 15) is 48.7 Å². The van der Waals surface area contributed by atoms with Crippen molar-refractivity contribution in [2.45, 2.75) is 25.7 Å². The summed E-state index contributed by atoms with van der Waals surface area (Å²) in [5, 5.41) is 0. The molecule has 1 aliphatic heterocycles. The van der Waals surface area contributed by atoms with Crippen LogP contribution in [0.4, 0.5) is 43.9 Å². The Bertz CT molecular complexity index is 1520. The summed E-state index contributed by atoms with van der Waals surface area (Å²) in [6, 6.07) is 2.44. The van der Waals surface area contributed by atoms with Crippen molar-refractivity contribution < 1.29 is 72.4 Å². The van der Waals surface area contributed by atoms with Gasteiger partial charge in [0.25, 0.3) is 0 Å². The van der Waals surface area contributed by atoms with Crippen molar-refractivity contribution in [2.75, 3.05) is 13.2 Å². The second-order valence-electron chi connectivity index (χ2n) is 9.05. The molecule has 0 N–H and O–H groups in total. The molecule has 0 aromatic heterocycles. The number of hydrogen-bond acceptors (Lipinski definition) is 6. The van der Waals surface area contributed by atoms with E-state index < -0.39 is 82.2 Å². The van der Waals surface area contributed by atoms with Crippen LogP contribution in [0.5, 0.6) is 17.2 Å². The van der Waals surface area contributed by atoms with E-state index in [1.54, 1.807) is 19.1 Å². The molecule has 0 atom stereocenters. The fourth-order valence-corrected chi connectivity index (χ4v) is 4.01. The summed E-state index contributed by atoms with van der Waals surface area (Å²) in [5.74, 6) is -14.3. The smallest absolute Gasteiger partial charge is 0.429 e. The normalized spacial score (nSPS) is 17.5. The predicted octanol–water partition coefficient (Wildman–Crippen LogP) is 7.87. The number of carbonyl (C=O) groups excluding carboxylic acids is 1. The van der Waals surface area contributed by atoms with Crippen LogP contribution in [-0.4, -0.2) is 25.5 Å². The Morgan fingerprint density at radius 1 is 0.795 bits per heavy atom. The fraction of sp³-hybridized carbons (Fsp3) is 0.250. The average molecular weight is 640 g/mol. The molecule has 1 saturated heterocycles. The second kappa shape index (κ2) is 12.7. The first kappa shape index (κ1) is 32.6. The highest BCUT2D eigenvalue weighted by Crippen LogP contribution is 2.38. The number of allylic oxidation sites excluding steroid dienone is 1. The SMILES string of the molecule is C/C=C/C1COC(c2cc(F)c(C(F)(F)Oc3cc(F)c(C(=O)Oc4ccc(OC(F)(F)F)c(F)c4)c(F)c3)c(F)c2)OC1. The van der Waals surface area contributed by atoms with Crippen molar-refractivity contribution in [2.24, 2.45) is 5.92 Å². The van der Waals surface area contributed by atoms with Gasteiger partial charge in [-0.3, -0.25) is 0 Å². The fourth-order valence-electron chi connectivity index (χ4n) is 4.01. The van der Waals surface area contributed by atoms with Crippen molar-refractivity contribution in [3.05, 3.63) is 100 Å². The topological polar surface area (TPSA) is 63.2 Å². The molecule has 3 aromatic rings. The summed E-state index contributed by atoms with van der Waals surface area (Å²) in [5.41, 5.74) is -3.67. The molecule has 0 saturated carbocycles. The van der Waals surface area contributed by atoms with Crippen LogP contribution in [0.15, 0.2) is 54.6 Å². The van der Waals surface area contributed by atoms with Gasteiger partial charge in [-0.2, -0.15) is 8.78 Å². The van der Waals surface area contributed by atoms with Gasteiger partial charge in [0.15, 0.2) is 17.9 Å². The molecule has 0 amide bonds. The van der Waals surface area contributed by atoms with Gasteiger partial charge in [-0.1, -0.05) is 12.2 Å². The van der Waals surface area contributed by atoms with Gasteiger partial charge in [0, 0.05) is 29.7 Å². The quantitative estimate of drug-likeness (QED) is 0.108. The zero-order valence-corrected chi connectivity index (χ0v) is 22.0. The lowest BCUT2D eigenvalue weighted by molar-refractivity contribution is -0.275. The van der Waals surface area contributed by atoms with Crippen molar-refractivity contribution in [3.8, 4) is 17.2 Å². The number of halogens is 10. The first-order chi connectivity index (χ1) is 20.6. The molecule has 0 bridgehead atoms. The van der Waals surface area contributed by atoms with E-state index in [-0.39, 0.29) is 42.9 Å². The molecule has 16 heteroatoms. The Morgan fingerprint density at radius 2 is 1.36 bits per heavy atom. The molecule has 1 heterocycles. The zero-order valence-electron chi connectivity index (χ0n) is 22.0. The standard InChI is InChI=1S/C28H18F10O6/c1-2-3-13-11-40-26(41-12-13)14-6-20(32)24(21(33)7-14)27(34,35)43-16-9-18(30)23(19(31)10-16)25(39)42-15-4-5-22(17(29)8-15)44-28(36,37)38/h2-10,13,26H,11-12H2,1H3/b3-2+. The molecule has 0 radical (unpaired) electrons. The molecule has 3 aromatic carbocycles. The van der Waals surface area contributed by atoms with Gasteiger partial charge in [-0.25, -0.2) is 26.7 Å². The number of benzene rings is 3. The maximum atomic E-state index is 14.8. The number of hydrogen-bond donors (Lipinski definition) is 0. The van der Waals surface area contributed by atoms with Crippen molar-refractivity contribution >= 4 is 5.97 Å². The minimum Gasteiger partial charge on any atom is -0.429 e. The van der Waals surface area contributed by atoms with Gasteiger partial charge in [0.2, 0.25) is 0 Å². The van der Waals surface area contributed by atoms with Crippen LogP contribution in [-0.2, 0) is 15.6 Å². The lowest BCUT2D eigenvalue weighted by atomic mass is 10.1. The van der Waals surface area contributed by atoms with Crippen LogP contribution in [0.1, 0.15) is 34.7 Å². The number of ether oxygens (including phenoxy) is 5. The Morgan fingerprint density at radius 3 is 1.89 bits per heavy atom. The van der Waals surface area contributed by atoms with E-state index in [1.165, 1.54) is 0 Å². The largest absolute Gasteiger partial charge is 0.573 e. The molecule has 236 valence electrons. The molecule has 1 fully saturated rings. The Hall–Kier alpha value is -4.31. The van der Waals surface area contributed by atoms with E-state index >= 15 is 0 Å². The highest BCUT2D eigenvalue weighted by atomic mass is 19.4. The number of esters is 1. The molecule has 6 nitrogen and oxygen atoms in total. The molecule has 1 aliphatic rings. The summed E-state index contributed by atoms with van der Waals surface area (Å²) in [4.78, 5) is 12.3. The Balaban J connectivity index is 1.50. The van der Waals surface area contributed by atoms with E-state index in [0.29, 0.717) is 24.3 Å². The van der Waals surface area contributed by atoms with Gasteiger partial charge >= 0.3 is 18.4 Å². The summed E-state index contributed by atoms with van der Waals surface area (Å²) >= 11 is 0. The Labute approximate surface area is 241 Å². The molecule has 4 rings (SSSR count).